The molecule has 4 heteroatoms. The van der Waals surface area contributed by atoms with E-state index in [1.807, 2.05) is 48.5 Å². The van der Waals surface area contributed by atoms with Crippen molar-refractivity contribution in [2.24, 2.45) is 0 Å². The van der Waals surface area contributed by atoms with Gasteiger partial charge < -0.3 is 14.8 Å². The van der Waals surface area contributed by atoms with Crippen molar-refractivity contribution in [2.45, 2.75) is 26.6 Å². The van der Waals surface area contributed by atoms with Crippen LogP contribution in [0, 0.1) is 6.92 Å². The van der Waals surface area contributed by atoms with E-state index < -0.39 is 0 Å². The van der Waals surface area contributed by atoms with E-state index in [0.717, 1.165) is 22.4 Å². The van der Waals surface area contributed by atoms with Gasteiger partial charge in [-0.3, -0.25) is 0 Å². The molecule has 0 unspecified atom stereocenters. The summed E-state index contributed by atoms with van der Waals surface area (Å²) in [6.45, 7) is 3.41. The molecule has 0 spiro atoms. The Labute approximate surface area is 135 Å². The Morgan fingerprint density at radius 2 is 1.74 bits per heavy atom. The molecular weight excluding hydrogens is 288 g/mol. The van der Waals surface area contributed by atoms with E-state index >= 15 is 0 Å². The number of nitrogens with one attached hydrogen (secondary N) is 1. The highest BCUT2D eigenvalue weighted by Crippen LogP contribution is 2.19. The zero-order valence-electron chi connectivity index (χ0n) is 13.1. The quantitative estimate of drug-likeness (QED) is 0.732. The molecule has 0 saturated carbocycles. The number of hydrogen-bond acceptors (Lipinski definition) is 4. The molecule has 1 heterocycles. The molecule has 0 saturated heterocycles. The standard InChI is InChI=1S/C19H20N2O2/c1-14-6-8-15(9-7-14)19-21-18(13-23-19)11-20-10-16-4-2-3-5-17(16)12-22/h2-9,13,20,22H,10-12H2,1H3. The van der Waals surface area contributed by atoms with Crippen LogP contribution in [0.4, 0.5) is 0 Å². The van der Waals surface area contributed by atoms with Gasteiger partial charge in [0.15, 0.2) is 0 Å². The summed E-state index contributed by atoms with van der Waals surface area (Å²) in [5, 5.41) is 12.7. The molecule has 0 radical (unpaired) electrons. The number of oxazole rings is 1. The summed E-state index contributed by atoms with van der Waals surface area (Å²) in [4.78, 5) is 4.51. The van der Waals surface area contributed by atoms with Crippen LogP contribution in [0.2, 0.25) is 0 Å². The van der Waals surface area contributed by atoms with Crippen LogP contribution in [0.25, 0.3) is 11.5 Å². The lowest BCUT2D eigenvalue weighted by molar-refractivity contribution is 0.280. The molecule has 0 aliphatic carbocycles. The first-order chi connectivity index (χ1) is 11.3. The van der Waals surface area contributed by atoms with Crippen molar-refractivity contribution in [3.05, 3.63) is 77.2 Å². The summed E-state index contributed by atoms with van der Waals surface area (Å²) in [5.41, 5.74) is 5.09. The number of aryl methyl sites for hydroxylation is 1. The van der Waals surface area contributed by atoms with Gasteiger partial charge in [0.25, 0.3) is 0 Å². The van der Waals surface area contributed by atoms with Crippen molar-refractivity contribution in [1.29, 1.82) is 0 Å². The monoisotopic (exact) mass is 308 g/mol. The largest absolute Gasteiger partial charge is 0.444 e. The molecule has 2 N–H and O–H groups in total. The fraction of sp³-hybridized carbons (Fsp3) is 0.211. The highest BCUT2D eigenvalue weighted by Gasteiger charge is 2.07. The highest BCUT2D eigenvalue weighted by atomic mass is 16.3. The van der Waals surface area contributed by atoms with Gasteiger partial charge in [-0.05, 0) is 30.2 Å². The van der Waals surface area contributed by atoms with Crippen LogP contribution < -0.4 is 5.32 Å². The lowest BCUT2D eigenvalue weighted by Gasteiger charge is -2.07. The Morgan fingerprint density at radius 1 is 1.00 bits per heavy atom. The zero-order chi connectivity index (χ0) is 16.1. The first kappa shape index (κ1) is 15.5. The average Bonchev–Trinajstić information content (AvgIpc) is 3.05. The van der Waals surface area contributed by atoms with Crippen molar-refractivity contribution < 1.29 is 9.52 Å². The second-order valence-corrected chi connectivity index (χ2v) is 5.54. The minimum atomic E-state index is 0.0549. The fourth-order valence-electron chi connectivity index (χ4n) is 2.43. The van der Waals surface area contributed by atoms with E-state index in [0.29, 0.717) is 19.0 Å². The van der Waals surface area contributed by atoms with E-state index in [2.05, 4.69) is 17.2 Å². The predicted molar refractivity (Wildman–Crippen MR) is 89.6 cm³/mol. The zero-order valence-corrected chi connectivity index (χ0v) is 13.1. The van der Waals surface area contributed by atoms with Crippen LogP contribution >= 0.6 is 0 Å². The molecule has 0 bridgehead atoms. The lowest BCUT2D eigenvalue weighted by atomic mass is 10.1. The first-order valence-electron chi connectivity index (χ1n) is 7.66. The van der Waals surface area contributed by atoms with Crippen LogP contribution in [0.5, 0.6) is 0 Å². The van der Waals surface area contributed by atoms with E-state index in [9.17, 15) is 5.11 Å². The molecule has 0 aliphatic rings. The molecule has 0 aliphatic heterocycles. The number of hydrogen-bond donors (Lipinski definition) is 2. The third kappa shape index (κ3) is 3.86. The van der Waals surface area contributed by atoms with Gasteiger partial charge in [0.1, 0.15) is 6.26 Å². The summed E-state index contributed by atoms with van der Waals surface area (Å²) < 4.78 is 5.55. The summed E-state index contributed by atoms with van der Waals surface area (Å²) >= 11 is 0. The number of aliphatic hydroxyl groups is 1. The maximum Gasteiger partial charge on any atom is 0.226 e. The molecule has 3 rings (SSSR count). The molecule has 118 valence electrons. The van der Waals surface area contributed by atoms with Crippen molar-refractivity contribution in [3.8, 4) is 11.5 Å². The number of rotatable bonds is 6. The Hall–Kier alpha value is -2.43. The molecule has 23 heavy (non-hydrogen) atoms. The van der Waals surface area contributed by atoms with E-state index in [-0.39, 0.29) is 6.61 Å². The molecule has 0 amide bonds. The number of aliphatic hydroxyl groups excluding tert-OH is 1. The van der Waals surface area contributed by atoms with Crippen LogP contribution in [-0.2, 0) is 19.7 Å². The average molecular weight is 308 g/mol. The molecule has 3 aromatic rings. The Bertz CT molecular complexity index is 763. The molecule has 4 nitrogen and oxygen atoms in total. The summed E-state index contributed by atoms with van der Waals surface area (Å²) in [6, 6.07) is 16.0. The third-order valence-corrected chi connectivity index (χ3v) is 3.76. The van der Waals surface area contributed by atoms with Gasteiger partial charge in [0.2, 0.25) is 5.89 Å². The normalized spacial score (nSPS) is 10.9. The summed E-state index contributed by atoms with van der Waals surface area (Å²) in [7, 11) is 0. The van der Waals surface area contributed by atoms with Crippen LogP contribution in [0.3, 0.4) is 0 Å². The van der Waals surface area contributed by atoms with Crippen LogP contribution in [0.15, 0.2) is 59.2 Å². The van der Waals surface area contributed by atoms with Gasteiger partial charge in [-0.1, -0.05) is 42.0 Å². The molecular formula is C19H20N2O2. The van der Waals surface area contributed by atoms with Gasteiger partial charge in [-0.15, -0.1) is 0 Å². The van der Waals surface area contributed by atoms with Gasteiger partial charge in [-0.25, -0.2) is 4.98 Å². The number of benzene rings is 2. The molecule has 2 aromatic carbocycles. The topological polar surface area (TPSA) is 58.3 Å². The van der Waals surface area contributed by atoms with Crippen LogP contribution in [-0.4, -0.2) is 10.1 Å². The van der Waals surface area contributed by atoms with E-state index in [1.54, 1.807) is 6.26 Å². The van der Waals surface area contributed by atoms with Gasteiger partial charge in [0.05, 0.1) is 12.3 Å². The van der Waals surface area contributed by atoms with E-state index in [4.69, 9.17) is 4.42 Å². The smallest absolute Gasteiger partial charge is 0.226 e. The second kappa shape index (κ2) is 7.22. The fourth-order valence-corrected chi connectivity index (χ4v) is 2.43. The SMILES string of the molecule is Cc1ccc(-c2nc(CNCc3ccccc3CO)co2)cc1. The van der Waals surface area contributed by atoms with Crippen molar-refractivity contribution in [2.75, 3.05) is 0 Å². The van der Waals surface area contributed by atoms with Crippen LogP contribution in [0.1, 0.15) is 22.4 Å². The Balaban J connectivity index is 1.60. The number of nitrogens with zero attached hydrogens (tertiary/aromatic N) is 1. The Morgan fingerprint density at radius 3 is 2.48 bits per heavy atom. The minimum Gasteiger partial charge on any atom is -0.444 e. The second-order valence-electron chi connectivity index (χ2n) is 5.54. The molecule has 0 atom stereocenters. The summed E-state index contributed by atoms with van der Waals surface area (Å²) in [6.07, 6.45) is 1.68. The van der Waals surface area contributed by atoms with E-state index in [1.165, 1.54) is 5.56 Å². The molecule has 0 fully saturated rings. The van der Waals surface area contributed by atoms with Crippen molar-refractivity contribution in [1.82, 2.24) is 10.3 Å². The van der Waals surface area contributed by atoms with Crippen molar-refractivity contribution in [3.63, 3.8) is 0 Å². The lowest BCUT2D eigenvalue weighted by Crippen LogP contribution is -2.14. The minimum absolute atomic E-state index is 0.0549. The first-order valence-corrected chi connectivity index (χ1v) is 7.66. The maximum absolute atomic E-state index is 9.33. The van der Waals surface area contributed by atoms with Gasteiger partial charge in [0, 0.05) is 18.7 Å². The molecule has 1 aromatic heterocycles. The predicted octanol–water partition coefficient (Wildman–Crippen LogP) is 3.43. The highest BCUT2D eigenvalue weighted by molar-refractivity contribution is 5.53. The van der Waals surface area contributed by atoms with Gasteiger partial charge >= 0.3 is 0 Å². The maximum atomic E-state index is 9.33. The Kier molecular flexibility index (Phi) is 4.86. The number of aromatic nitrogens is 1. The van der Waals surface area contributed by atoms with Gasteiger partial charge in [-0.2, -0.15) is 0 Å². The third-order valence-electron chi connectivity index (χ3n) is 3.76. The van der Waals surface area contributed by atoms with Crippen molar-refractivity contribution >= 4 is 0 Å². The summed E-state index contributed by atoms with van der Waals surface area (Å²) in [5.74, 6) is 0.637.